The van der Waals surface area contributed by atoms with Crippen molar-refractivity contribution >= 4 is 0 Å². The first-order chi connectivity index (χ1) is 9.67. The summed E-state index contributed by atoms with van der Waals surface area (Å²) in [6.45, 7) is 8.02. The van der Waals surface area contributed by atoms with Gasteiger partial charge in [0, 0.05) is 17.8 Å². The fraction of sp³-hybridized carbons (Fsp3) is 0.438. The Balaban J connectivity index is 2.29. The molecule has 0 saturated carbocycles. The topological polar surface area (TPSA) is 39.1 Å². The third kappa shape index (κ3) is 3.02. The quantitative estimate of drug-likeness (QED) is 0.879. The minimum atomic E-state index is 0.212. The summed E-state index contributed by atoms with van der Waals surface area (Å²) in [6, 6.07) is 8.38. The molecule has 1 heterocycles. The molecule has 20 heavy (non-hydrogen) atoms. The normalized spacial score (nSPS) is 12.4. The lowest BCUT2D eigenvalue weighted by Crippen LogP contribution is -2.26. The molecule has 0 amide bonds. The molecular weight excluding hydrogens is 250 g/mol. The molecule has 0 radical (unpaired) electrons. The van der Waals surface area contributed by atoms with E-state index in [1.54, 1.807) is 7.11 Å². The molecule has 4 heteroatoms. The maximum Gasteiger partial charge on any atom is 0.123 e. The second-order valence-corrected chi connectivity index (χ2v) is 4.92. The summed E-state index contributed by atoms with van der Waals surface area (Å²) >= 11 is 0. The Morgan fingerprint density at radius 3 is 2.65 bits per heavy atom. The molecule has 4 nitrogen and oxygen atoms in total. The summed E-state index contributed by atoms with van der Waals surface area (Å²) in [5.41, 5.74) is 3.48. The Hall–Kier alpha value is -1.81. The van der Waals surface area contributed by atoms with Gasteiger partial charge in [-0.3, -0.25) is 0 Å². The van der Waals surface area contributed by atoms with E-state index in [4.69, 9.17) is 4.74 Å². The van der Waals surface area contributed by atoms with Gasteiger partial charge in [0.25, 0.3) is 0 Å². The molecular formula is C16H23N3O. The van der Waals surface area contributed by atoms with E-state index in [0.717, 1.165) is 24.5 Å². The molecule has 108 valence electrons. The lowest BCUT2D eigenvalue weighted by atomic mass is 10.1. The highest BCUT2D eigenvalue weighted by molar-refractivity contribution is 5.36. The lowest BCUT2D eigenvalue weighted by Gasteiger charge is -2.22. The van der Waals surface area contributed by atoms with Crippen LogP contribution in [0.1, 0.15) is 29.9 Å². The van der Waals surface area contributed by atoms with Crippen LogP contribution in [0.2, 0.25) is 0 Å². The van der Waals surface area contributed by atoms with E-state index in [2.05, 4.69) is 34.8 Å². The van der Waals surface area contributed by atoms with Crippen LogP contribution in [0.5, 0.6) is 5.75 Å². The van der Waals surface area contributed by atoms with Crippen LogP contribution in [0.4, 0.5) is 0 Å². The van der Waals surface area contributed by atoms with E-state index in [-0.39, 0.29) is 6.04 Å². The fourth-order valence-corrected chi connectivity index (χ4v) is 2.40. The zero-order chi connectivity index (χ0) is 14.5. The summed E-state index contributed by atoms with van der Waals surface area (Å²) in [5.74, 6) is 0.924. The number of methoxy groups -OCH3 is 1. The number of nitrogens with one attached hydrogen (secondary N) is 1. The van der Waals surface area contributed by atoms with Crippen LogP contribution in [-0.4, -0.2) is 23.2 Å². The second-order valence-electron chi connectivity index (χ2n) is 4.92. The Kier molecular flexibility index (Phi) is 4.79. The molecule has 0 fully saturated rings. The van der Waals surface area contributed by atoms with Crippen molar-refractivity contribution in [1.29, 1.82) is 0 Å². The Morgan fingerprint density at radius 1 is 1.30 bits per heavy atom. The van der Waals surface area contributed by atoms with Gasteiger partial charge in [0.15, 0.2) is 0 Å². The number of imidazole rings is 1. The van der Waals surface area contributed by atoms with Crippen molar-refractivity contribution in [2.75, 3.05) is 13.7 Å². The molecule has 0 aliphatic heterocycles. The van der Waals surface area contributed by atoms with Gasteiger partial charge in [-0.2, -0.15) is 0 Å². The molecule has 0 aliphatic rings. The van der Waals surface area contributed by atoms with E-state index >= 15 is 0 Å². The molecule has 1 N–H and O–H groups in total. The predicted octanol–water partition coefficient (Wildman–Crippen LogP) is 2.86. The number of aromatic nitrogens is 2. The van der Waals surface area contributed by atoms with Crippen molar-refractivity contribution in [2.45, 2.75) is 33.4 Å². The number of aryl methyl sites for hydroxylation is 1. The van der Waals surface area contributed by atoms with E-state index in [9.17, 15) is 0 Å². The molecule has 1 unspecified atom stereocenters. The number of ether oxygens (including phenoxy) is 1. The Bertz CT molecular complexity index is 563. The van der Waals surface area contributed by atoms with E-state index < -0.39 is 0 Å². The minimum Gasteiger partial charge on any atom is -0.496 e. The zero-order valence-electron chi connectivity index (χ0n) is 12.7. The van der Waals surface area contributed by atoms with Crippen molar-refractivity contribution in [1.82, 2.24) is 14.9 Å². The number of benzene rings is 1. The lowest BCUT2D eigenvalue weighted by molar-refractivity contribution is 0.390. The first kappa shape index (κ1) is 14.6. The number of hydrogen-bond acceptors (Lipinski definition) is 3. The number of para-hydroxylation sites is 1. The Morgan fingerprint density at radius 2 is 2.05 bits per heavy atom. The van der Waals surface area contributed by atoms with Crippen molar-refractivity contribution in [2.24, 2.45) is 0 Å². The van der Waals surface area contributed by atoms with Gasteiger partial charge in [-0.1, -0.05) is 25.1 Å². The van der Waals surface area contributed by atoms with Crippen molar-refractivity contribution in [3.63, 3.8) is 0 Å². The molecule has 1 aromatic heterocycles. The standard InChI is InChI=1S/C16H23N3O/c1-5-17-15(10-19-11-18-12(2)13(19)3)14-8-6-7-9-16(14)20-4/h6-9,11,15,17H,5,10H2,1-4H3. The monoisotopic (exact) mass is 273 g/mol. The summed E-state index contributed by atoms with van der Waals surface area (Å²) in [4.78, 5) is 4.37. The zero-order valence-corrected chi connectivity index (χ0v) is 12.7. The smallest absolute Gasteiger partial charge is 0.123 e. The minimum absolute atomic E-state index is 0.212. The van der Waals surface area contributed by atoms with Gasteiger partial charge in [0.1, 0.15) is 5.75 Å². The van der Waals surface area contributed by atoms with Crippen molar-refractivity contribution in [3.05, 3.63) is 47.5 Å². The van der Waals surface area contributed by atoms with Crippen LogP contribution in [-0.2, 0) is 6.54 Å². The number of hydrogen-bond donors (Lipinski definition) is 1. The summed E-state index contributed by atoms with van der Waals surface area (Å²) in [6.07, 6.45) is 1.91. The fourth-order valence-electron chi connectivity index (χ4n) is 2.40. The molecule has 0 aliphatic carbocycles. The molecule has 0 spiro atoms. The summed E-state index contributed by atoms with van der Waals surface area (Å²) in [7, 11) is 1.72. The largest absolute Gasteiger partial charge is 0.496 e. The van der Waals surface area contributed by atoms with Crippen molar-refractivity contribution < 1.29 is 4.74 Å². The average Bonchev–Trinajstić information content (AvgIpc) is 2.78. The highest BCUT2D eigenvalue weighted by Gasteiger charge is 2.16. The molecule has 1 aromatic carbocycles. The van der Waals surface area contributed by atoms with Gasteiger partial charge in [-0.15, -0.1) is 0 Å². The summed E-state index contributed by atoms with van der Waals surface area (Å²) in [5, 5.41) is 3.53. The second kappa shape index (κ2) is 6.57. The maximum atomic E-state index is 5.48. The van der Waals surface area contributed by atoms with Gasteiger partial charge in [-0.05, 0) is 26.5 Å². The number of likely N-dealkylation sites (N-methyl/N-ethyl adjacent to an activating group) is 1. The third-order valence-corrected chi connectivity index (χ3v) is 3.69. The first-order valence-corrected chi connectivity index (χ1v) is 7.02. The first-order valence-electron chi connectivity index (χ1n) is 7.02. The van der Waals surface area contributed by atoms with Crippen molar-refractivity contribution in [3.8, 4) is 5.75 Å². The van der Waals surface area contributed by atoms with E-state index in [1.807, 2.05) is 31.5 Å². The average molecular weight is 273 g/mol. The van der Waals surface area contributed by atoms with E-state index in [1.165, 1.54) is 11.3 Å². The molecule has 0 bridgehead atoms. The van der Waals surface area contributed by atoms with Crippen LogP contribution in [0.15, 0.2) is 30.6 Å². The maximum absolute atomic E-state index is 5.48. The van der Waals surface area contributed by atoms with Gasteiger partial charge in [0.2, 0.25) is 0 Å². The molecule has 2 aromatic rings. The highest BCUT2D eigenvalue weighted by atomic mass is 16.5. The summed E-state index contributed by atoms with van der Waals surface area (Å²) < 4.78 is 7.67. The van der Waals surface area contributed by atoms with Crippen LogP contribution < -0.4 is 10.1 Å². The third-order valence-electron chi connectivity index (χ3n) is 3.69. The highest BCUT2D eigenvalue weighted by Crippen LogP contribution is 2.26. The Labute approximate surface area is 120 Å². The van der Waals surface area contributed by atoms with E-state index in [0.29, 0.717) is 0 Å². The molecule has 2 rings (SSSR count). The van der Waals surface area contributed by atoms with Crippen LogP contribution in [0.3, 0.4) is 0 Å². The predicted molar refractivity (Wildman–Crippen MR) is 81.1 cm³/mol. The van der Waals surface area contributed by atoms with Crippen LogP contribution in [0.25, 0.3) is 0 Å². The molecule has 1 atom stereocenters. The SMILES string of the molecule is CCNC(Cn1cnc(C)c1C)c1ccccc1OC. The number of rotatable bonds is 6. The number of nitrogens with zero attached hydrogens (tertiary/aromatic N) is 2. The van der Waals surface area contributed by atoms with Crippen LogP contribution in [0, 0.1) is 13.8 Å². The molecule has 0 saturated heterocycles. The van der Waals surface area contributed by atoms with Gasteiger partial charge >= 0.3 is 0 Å². The van der Waals surface area contributed by atoms with Gasteiger partial charge in [-0.25, -0.2) is 4.98 Å². The van der Waals surface area contributed by atoms with Crippen LogP contribution >= 0.6 is 0 Å². The van der Waals surface area contributed by atoms with Gasteiger partial charge < -0.3 is 14.6 Å². The van der Waals surface area contributed by atoms with Gasteiger partial charge in [0.05, 0.1) is 25.2 Å².